The fourth-order valence-corrected chi connectivity index (χ4v) is 5.62. The Hall–Kier alpha value is -4.21. The van der Waals surface area contributed by atoms with Crippen molar-refractivity contribution in [1.82, 2.24) is 25.6 Å². The molecule has 3 aromatic rings. The van der Waals surface area contributed by atoms with Crippen molar-refractivity contribution in [3.8, 4) is 11.3 Å². The molecule has 10 heteroatoms. The van der Waals surface area contributed by atoms with Gasteiger partial charge in [-0.2, -0.15) is 0 Å². The van der Waals surface area contributed by atoms with Crippen molar-refractivity contribution in [1.29, 1.82) is 0 Å². The lowest BCUT2D eigenvalue weighted by atomic mass is 9.89. The molecule has 0 saturated heterocycles. The van der Waals surface area contributed by atoms with Crippen molar-refractivity contribution < 1.29 is 14.7 Å². The number of nitrogens with one attached hydrogen (secondary N) is 3. The van der Waals surface area contributed by atoms with Crippen molar-refractivity contribution >= 4 is 17.7 Å². The van der Waals surface area contributed by atoms with Gasteiger partial charge in [-0.05, 0) is 89.6 Å². The molecule has 0 bridgehead atoms. The Kier molecular flexibility index (Phi) is 8.86. The first kappa shape index (κ1) is 28.8. The molecular weight excluding hydrogens is 508 g/mol. The minimum Gasteiger partial charge on any atom is -0.465 e. The molecule has 1 saturated carbocycles. The number of aromatic nitrogens is 3. The number of hydrogen-bond donors (Lipinski definition) is 4. The average molecular weight is 547 g/mol. The molecule has 0 radical (unpaired) electrons. The molecule has 0 aliphatic heterocycles. The van der Waals surface area contributed by atoms with E-state index < -0.39 is 6.09 Å². The number of nitrogens with zero attached hydrogens (tertiary/aromatic N) is 3. The molecule has 10 nitrogen and oxygen atoms in total. The van der Waals surface area contributed by atoms with E-state index in [1.807, 2.05) is 39.8 Å². The summed E-state index contributed by atoms with van der Waals surface area (Å²) in [5.41, 5.74) is 6.45. The molecule has 4 rings (SSSR count). The number of carbonyl (C=O) groups is 2. The number of pyridine rings is 1. The molecule has 1 aromatic carbocycles. The van der Waals surface area contributed by atoms with Crippen molar-refractivity contribution in [2.24, 2.45) is 0 Å². The molecule has 0 atom stereocenters. The third-order valence-corrected chi connectivity index (χ3v) is 7.74. The van der Waals surface area contributed by atoms with Gasteiger partial charge in [-0.15, -0.1) is 0 Å². The van der Waals surface area contributed by atoms with Gasteiger partial charge in [-0.3, -0.25) is 19.6 Å². The Morgan fingerprint density at radius 2 is 1.77 bits per heavy atom. The second-order valence-corrected chi connectivity index (χ2v) is 10.6. The lowest BCUT2D eigenvalue weighted by Crippen LogP contribution is -2.44. The molecule has 212 valence electrons. The van der Waals surface area contributed by atoms with E-state index >= 15 is 0 Å². The first-order chi connectivity index (χ1) is 19.1. The molecule has 4 N–H and O–H groups in total. The SMILES string of the molecule is CCN(c1cc(-c2cnc(C)cn2)cc(C(=O)NCc2c(C)cc(C)[nH]c2=O)c1C)[C@H]1CC[C@H](NC(=O)O)CC1. The molecule has 0 unspecified atom stereocenters. The van der Waals surface area contributed by atoms with E-state index in [1.54, 1.807) is 12.4 Å². The van der Waals surface area contributed by atoms with Crippen LogP contribution in [0.4, 0.5) is 10.5 Å². The normalized spacial score (nSPS) is 16.8. The first-order valence-corrected chi connectivity index (χ1v) is 13.7. The van der Waals surface area contributed by atoms with Gasteiger partial charge < -0.3 is 25.6 Å². The Morgan fingerprint density at radius 1 is 1.05 bits per heavy atom. The summed E-state index contributed by atoms with van der Waals surface area (Å²) >= 11 is 0. The summed E-state index contributed by atoms with van der Waals surface area (Å²) in [4.78, 5) is 51.3. The van der Waals surface area contributed by atoms with E-state index in [4.69, 9.17) is 5.11 Å². The molecule has 2 heterocycles. The number of carboxylic acid groups (broad SMARTS) is 1. The molecule has 2 aromatic heterocycles. The van der Waals surface area contributed by atoms with E-state index in [-0.39, 0.29) is 30.1 Å². The number of hydrogen-bond acceptors (Lipinski definition) is 6. The Balaban J connectivity index is 1.68. The number of benzene rings is 1. The smallest absolute Gasteiger partial charge is 0.404 e. The van der Waals surface area contributed by atoms with Gasteiger partial charge in [0, 0.05) is 59.4 Å². The first-order valence-electron chi connectivity index (χ1n) is 13.7. The summed E-state index contributed by atoms with van der Waals surface area (Å²) in [6.45, 7) is 10.4. The van der Waals surface area contributed by atoms with Gasteiger partial charge in [-0.25, -0.2) is 4.79 Å². The van der Waals surface area contributed by atoms with Crippen LogP contribution in [0.3, 0.4) is 0 Å². The van der Waals surface area contributed by atoms with Gasteiger partial charge in [0.15, 0.2) is 0 Å². The summed E-state index contributed by atoms with van der Waals surface area (Å²) in [6.07, 6.45) is 5.61. The van der Waals surface area contributed by atoms with E-state index in [1.165, 1.54) is 0 Å². The van der Waals surface area contributed by atoms with Crippen LogP contribution in [0.5, 0.6) is 0 Å². The Bertz CT molecular complexity index is 1440. The van der Waals surface area contributed by atoms with Crippen LogP contribution in [-0.2, 0) is 6.54 Å². The predicted octanol–water partition coefficient (Wildman–Crippen LogP) is 4.40. The van der Waals surface area contributed by atoms with E-state index in [2.05, 4.69) is 43.5 Å². The van der Waals surface area contributed by atoms with Crippen LogP contribution < -0.4 is 21.1 Å². The molecule has 1 aliphatic rings. The lowest BCUT2D eigenvalue weighted by Gasteiger charge is -2.39. The van der Waals surface area contributed by atoms with Gasteiger partial charge in [0.25, 0.3) is 11.5 Å². The lowest BCUT2D eigenvalue weighted by molar-refractivity contribution is 0.0950. The van der Waals surface area contributed by atoms with Crippen LogP contribution in [0.1, 0.15) is 71.0 Å². The average Bonchev–Trinajstić information content (AvgIpc) is 2.90. The quantitative estimate of drug-likeness (QED) is 0.328. The highest BCUT2D eigenvalue weighted by Gasteiger charge is 2.28. The minimum absolute atomic E-state index is 0.0440. The topological polar surface area (TPSA) is 140 Å². The fourth-order valence-electron chi connectivity index (χ4n) is 5.62. The number of carbonyl (C=O) groups excluding carboxylic acids is 1. The van der Waals surface area contributed by atoms with Crippen molar-refractivity contribution in [3.63, 3.8) is 0 Å². The zero-order valence-electron chi connectivity index (χ0n) is 23.8. The van der Waals surface area contributed by atoms with Crippen molar-refractivity contribution in [2.45, 2.75) is 78.9 Å². The van der Waals surface area contributed by atoms with Gasteiger partial charge in [-0.1, -0.05) is 0 Å². The Morgan fingerprint density at radius 3 is 2.38 bits per heavy atom. The number of anilines is 1. The van der Waals surface area contributed by atoms with Gasteiger partial charge in [0.2, 0.25) is 0 Å². The minimum atomic E-state index is -0.989. The monoisotopic (exact) mass is 546 g/mol. The zero-order chi connectivity index (χ0) is 29.0. The largest absolute Gasteiger partial charge is 0.465 e. The number of H-pyrrole nitrogens is 1. The van der Waals surface area contributed by atoms with Crippen molar-refractivity contribution in [3.05, 3.63) is 74.6 Å². The summed E-state index contributed by atoms with van der Waals surface area (Å²) in [7, 11) is 0. The van der Waals surface area contributed by atoms with Crippen LogP contribution in [0.15, 0.2) is 35.4 Å². The third kappa shape index (κ3) is 6.50. The highest BCUT2D eigenvalue weighted by molar-refractivity contribution is 5.98. The summed E-state index contributed by atoms with van der Waals surface area (Å²) < 4.78 is 0. The third-order valence-electron chi connectivity index (χ3n) is 7.74. The summed E-state index contributed by atoms with van der Waals surface area (Å²) in [5.74, 6) is -0.273. The van der Waals surface area contributed by atoms with Crippen LogP contribution in [0.2, 0.25) is 0 Å². The molecule has 1 aliphatic carbocycles. The molecule has 1 fully saturated rings. The number of aromatic amines is 1. The predicted molar refractivity (Wildman–Crippen MR) is 155 cm³/mol. The maximum Gasteiger partial charge on any atom is 0.404 e. The second kappa shape index (κ2) is 12.3. The Labute approximate surface area is 234 Å². The second-order valence-electron chi connectivity index (χ2n) is 10.6. The molecule has 0 spiro atoms. The molecule has 40 heavy (non-hydrogen) atoms. The van der Waals surface area contributed by atoms with E-state index in [9.17, 15) is 14.4 Å². The van der Waals surface area contributed by atoms with Crippen LogP contribution >= 0.6 is 0 Å². The van der Waals surface area contributed by atoms with Gasteiger partial charge >= 0.3 is 6.09 Å². The van der Waals surface area contributed by atoms with Gasteiger partial charge in [0.1, 0.15) is 0 Å². The van der Waals surface area contributed by atoms with Gasteiger partial charge in [0.05, 0.1) is 17.6 Å². The number of amides is 2. The standard InChI is InChI=1S/C30H38N6O4/c1-6-36(23-9-7-22(8-10-23)35-30(39)40)27-13-21(26-16-31-19(4)14-32-26)12-24(20(27)5)28(37)33-15-25-17(2)11-18(3)34-29(25)38/h11-14,16,22-23,35H,6-10,15H2,1-5H3,(H,33,37)(H,34,38)(H,39,40)/t22-,23-. The highest BCUT2D eigenvalue weighted by atomic mass is 16.4. The highest BCUT2D eigenvalue weighted by Crippen LogP contribution is 2.34. The maximum atomic E-state index is 13.6. The van der Waals surface area contributed by atoms with Crippen molar-refractivity contribution in [2.75, 3.05) is 11.4 Å². The van der Waals surface area contributed by atoms with E-state index in [0.717, 1.165) is 66.0 Å². The maximum absolute atomic E-state index is 13.6. The molecule has 2 amide bonds. The zero-order valence-corrected chi connectivity index (χ0v) is 23.8. The van der Waals surface area contributed by atoms with Crippen LogP contribution in [-0.4, -0.2) is 50.7 Å². The fraction of sp³-hybridized carbons (Fsp3) is 0.433. The van der Waals surface area contributed by atoms with Crippen LogP contribution in [0, 0.1) is 27.7 Å². The number of aryl methyl sites for hydroxylation is 3. The molecular formula is C30H38N6O4. The summed E-state index contributed by atoms with van der Waals surface area (Å²) in [6, 6.07) is 5.95. The number of rotatable bonds is 8. The van der Waals surface area contributed by atoms with Crippen LogP contribution in [0.25, 0.3) is 11.3 Å². The summed E-state index contributed by atoms with van der Waals surface area (Å²) in [5, 5.41) is 14.7. The van der Waals surface area contributed by atoms with E-state index in [0.29, 0.717) is 16.8 Å².